The normalized spacial score (nSPS) is 49.4. The Morgan fingerprint density at radius 1 is 1.43 bits per heavy atom. The molecule has 1 aromatic rings. The van der Waals surface area contributed by atoms with Gasteiger partial charge in [0, 0.05) is 18.7 Å². The lowest BCUT2D eigenvalue weighted by Crippen LogP contribution is -2.42. The first-order chi connectivity index (χ1) is 12.1. The summed E-state index contributed by atoms with van der Waals surface area (Å²) in [6.07, 6.45) is -3.57. The second-order valence-electron chi connectivity index (χ2n) is 6.70. The first kappa shape index (κ1) is 8.97. The summed E-state index contributed by atoms with van der Waals surface area (Å²) in [6.45, 7) is 1.86. The van der Waals surface area contributed by atoms with Crippen LogP contribution >= 0.6 is 0 Å². The molecule has 0 aromatic heterocycles. The van der Waals surface area contributed by atoms with Crippen LogP contribution in [0.1, 0.15) is 62.9 Å². The SMILES string of the molecule is [2H]C1C[C@]2(C)C(=O)CC[C@H]2[C@H]2[C@H]1c1ccc(OC)cc1C([2H])([2H])C2([2H])[2H]. The van der Waals surface area contributed by atoms with Crippen LogP contribution in [0.4, 0.5) is 0 Å². The maximum Gasteiger partial charge on any atom is 0.139 e. The second-order valence-corrected chi connectivity index (χ2v) is 6.70. The number of benzene rings is 1. The van der Waals surface area contributed by atoms with Gasteiger partial charge >= 0.3 is 0 Å². The van der Waals surface area contributed by atoms with Crippen LogP contribution in [0.2, 0.25) is 0 Å². The molecule has 3 aliphatic carbocycles. The number of methoxy groups -OCH3 is 1. The monoisotopic (exact) mass is 289 g/mol. The smallest absolute Gasteiger partial charge is 0.139 e. The van der Waals surface area contributed by atoms with Crippen LogP contribution in [0.15, 0.2) is 18.2 Å². The van der Waals surface area contributed by atoms with E-state index in [1.54, 1.807) is 18.2 Å². The van der Waals surface area contributed by atoms with E-state index in [4.69, 9.17) is 11.6 Å². The highest BCUT2D eigenvalue weighted by Gasteiger charge is 2.54. The summed E-state index contributed by atoms with van der Waals surface area (Å²) in [7, 11) is 1.50. The number of ether oxygens (including phenoxy) is 1. The van der Waals surface area contributed by atoms with Crippen molar-refractivity contribution < 1.29 is 16.4 Å². The number of aryl methyl sites for hydroxylation is 1. The third-order valence-electron chi connectivity index (χ3n) is 5.75. The number of rotatable bonds is 1. The van der Waals surface area contributed by atoms with Gasteiger partial charge in [0.05, 0.1) is 7.11 Å². The van der Waals surface area contributed by atoms with Crippen LogP contribution in [0.25, 0.3) is 0 Å². The minimum atomic E-state index is -2.21. The third-order valence-corrected chi connectivity index (χ3v) is 5.75. The molecule has 2 fully saturated rings. The first-order valence-corrected chi connectivity index (χ1v) is 7.69. The number of Topliss-reactive ketones (excluding diaryl/α,β-unsaturated/α-hetero) is 1. The Hall–Kier alpha value is -1.31. The molecule has 5 atom stereocenters. The maximum absolute atomic E-state index is 12.5. The van der Waals surface area contributed by atoms with E-state index in [0.29, 0.717) is 30.6 Å². The Balaban J connectivity index is 1.95. The highest BCUT2D eigenvalue weighted by Crippen LogP contribution is 2.59. The third kappa shape index (κ3) is 1.81. The van der Waals surface area contributed by atoms with Crippen molar-refractivity contribution in [3.63, 3.8) is 0 Å². The molecule has 3 aliphatic rings. The van der Waals surface area contributed by atoms with Gasteiger partial charge in [-0.05, 0) is 73.0 Å². The van der Waals surface area contributed by atoms with E-state index in [1.807, 2.05) is 6.92 Å². The predicted octanol–water partition coefficient (Wildman–Crippen LogP) is 4.12. The minimum absolute atomic E-state index is 0.107. The van der Waals surface area contributed by atoms with Gasteiger partial charge in [0.25, 0.3) is 0 Å². The lowest BCUT2D eigenvalue weighted by molar-refractivity contribution is -0.129. The minimum Gasteiger partial charge on any atom is -0.497 e. The lowest BCUT2D eigenvalue weighted by Gasteiger charge is -2.48. The van der Waals surface area contributed by atoms with Crippen molar-refractivity contribution in [1.29, 1.82) is 0 Å². The molecule has 0 bridgehead atoms. The summed E-state index contributed by atoms with van der Waals surface area (Å²) in [5, 5.41) is 0. The van der Waals surface area contributed by atoms with Crippen molar-refractivity contribution in [2.75, 3.05) is 7.11 Å². The summed E-state index contributed by atoms with van der Waals surface area (Å²) in [5.74, 6) is -0.707. The van der Waals surface area contributed by atoms with Crippen LogP contribution in [-0.4, -0.2) is 12.9 Å². The Morgan fingerprint density at radius 3 is 3.10 bits per heavy atom. The van der Waals surface area contributed by atoms with E-state index in [9.17, 15) is 4.79 Å². The molecule has 0 saturated heterocycles. The van der Waals surface area contributed by atoms with E-state index in [-0.39, 0.29) is 17.3 Å². The fourth-order valence-electron chi connectivity index (χ4n) is 4.44. The van der Waals surface area contributed by atoms with Gasteiger partial charge < -0.3 is 4.74 Å². The van der Waals surface area contributed by atoms with Crippen LogP contribution < -0.4 is 4.74 Å². The Labute approximate surface area is 133 Å². The van der Waals surface area contributed by atoms with Crippen molar-refractivity contribution in [3.8, 4) is 5.75 Å². The molecule has 2 nitrogen and oxygen atoms in total. The molecule has 2 saturated carbocycles. The van der Waals surface area contributed by atoms with Gasteiger partial charge in [-0.2, -0.15) is 0 Å². The molecule has 21 heavy (non-hydrogen) atoms. The fraction of sp³-hybridized carbons (Fsp3) is 0.632. The van der Waals surface area contributed by atoms with Crippen molar-refractivity contribution in [2.45, 2.75) is 51.2 Å². The van der Waals surface area contributed by atoms with Crippen LogP contribution in [0, 0.1) is 17.3 Å². The second kappa shape index (κ2) is 4.59. The van der Waals surface area contributed by atoms with E-state index in [0.717, 1.165) is 0 Å². The molecule has 0 N–H and O–H groups in total. The number of ketones is 1. The van der Waals surface area contributed by atoms with Crippen LogP contribution in [0.5, 0.6) is 5.75 Å². The number of hydrogen-bond acceptors (Lipinski definition) is 2. The molecular formula is C19H24O2. The highest BCUT2D eigenvalue weighted by molar-refractivity contribution is 5.87. The molecule has 2 heteroatoms. The standard InChI is InChI=1S/C19H24O2/c1-19-10-9-15-14-6-4-13(21-2)11-12(14)3-5-16(15)17(19)7-8-18(19)20/h4,6,11,15-17H,3,5,7-10H2,1-2H3/t15-,16-,17+,19+/m1/s1/i3D2,5D2,9D/t9?,15-,16-,17+,19+. The molecule has 0 spiro atoms. The molecule has 0 aliphatic heterocycles. The lowest BCUT2D eigenvalue weighted by atomic mass is 9.55. The quantitative estimate of drug-likeness (QED) is 0.777. The summed E-state index contributed by atoms with van der Waals surface area (Å²) in [6, 6.07) is 5.12. The topological polar surface area (TPSA) is 26.3 Å². The van der Waals surface area contributed by atoms with E-state index in [1.165, 1.54) is 7.11 Å². The Kier molecular flexibility index (Phi) is 1.96. The zero-order chi connectivity index (χ0) is 19.1. The van der Waals surface area contributed by atoms with E-state index >= 15 is 0 Å². The number of fused-ring (bicyclic) bond motifs is 5. The summed E-state index contributed by atoms with van der Waals surface area (Å²) in [4.78, 5) is 12.5. The molecule has 1 aromatic carbocycles. The fourth-order valence-corrected chi connectivity index (χ4v) is 4.44. The molecule has 0 amide bonds. The Morgan fingerprint density at radius 2 is 2.29 bits per heavy atom. The van der Waals surface area contributed by atoms with Crippen LogP contribution in [0.3, 0.4) is 0 Å². The largest absolute Gasteiger partial charge is 0.497 e. The highest BCUT2D eigenvalue weighted by atomic mass is 16.5. The molecule has 0 heterocycles. The van der Waals surface area contributed by atoms with Gasteiger partial charge in [0.1, 0.15) is 11.5 Å². The average molecular weight is 289 g/mol. The number of carbonyl (C=O) groups is 1. The maximum atomic E-state index is 12.5. The van der Waals surface area contributed by atoms with Gasteiger partial charge in [-0.25, -0.2) is 0 Å². The molecule has 4 rings (SSSR count). The van der Waals surface area contributed by atoms with Gasteiger partial charge in [-0.15, -0.1) is 0 Å². The van der Waals surface area contributed by atoms with Gasteiger partial charge in [0.2, 0.25) is 0 Å². The summed E-state index contributed by atoms with van der Waals surface area (Å²) in [5.41, 5.74) is 0.284. The van der Waals surface area contributed by atoms with Crippen LogP contribution in [-0.2, 0) is 11.2 Å². The van der Waals surface area contributed by atoms with Gasteiger partial charge in [0.15, 0.2) is 0 Å². The molecule has 1 unspecified atom stereocenters. The van der Waals surface area contributed by atoms with E-state index < -0.39 is 36.4 Å². The van der Waals surface area contributed by atoms with E-state index in [2.05, 4.69) is 0 Å². The predicted molar refractivity (Wildman–Crippen MR) is 82.6 cm³/mol. The summed E-state index contributed by atoms with van der Waals surface area (Å²) < 4.78 is 48.7. The van der Waals surface area contributed by atoms with Gasteiger partial charge in [-0.1, -0.05) is 13.0 Å². The van der Waals surface area contributed by atoms with Crippen molar-refractivity contribution in [3.05, 3.63) is 29.3 Å². The molecule has 0 radical (unpaired) electrons. The number of hydrogen-bond donors (Lipinski definition) is 0. The van der Waals surface area contributed by atoms with Crippen molar-refractivity contribution in [2.24, 2.45) is 17.3 Å². The van der Waals surface area contributed by atoms with Crippen molar-refractivity contribution in [1.82, 2.24) is 0 Å². The summed E-state index contributed by atoms with van der Waals surface area (Å²) >= 11 is 0. The van der Waals surface area contributed by atoms with Crippen molar-refractivity contribution >= 4 is 5.78 Å². The number of carbonyl (C=O) groups excluding carboxylic acids is 1. The average Bonchev–Trinajstić information content (AvgIpc) is 2.86. The zero-order valence-electron chi connectivity index (χ0n) is 17.5. The first-order valence-electron chi connectivity index (χ1n) is 10.3. The zero-order valence-corrected chi connectivity index (χ0v) is 12.5. The molecular weight excluding hydrogens is 260 g/mol. The Bertz CT molecular complexity index is 777. The van der Waals surface area contributed by atoms with Gasteiger partial charge in [-0.3, -0.25) is 4.79 Å². The molecule has 112 valence electrons.